The Morgan fingerprint density at radius 2 is 2.19 bits per heavy atom. The van der Waals surface area contributed by atoms with Gasteiger partial charge in [0.1, 0.15) is 5.76 Å². The first kappa shape index (κ1) is 16.0. The van der Waals surface area contributed by atoms with Gasteiger partial charge in [-0.1, -0.05) is 5.21 Å². The molecule has 3 atom stereocenters. The van der Waals surface area contributed by atoms with E-state index >= 15 is 0 Å². The summed E-state index contributed by atoms with van der Waals surface area (Å²) in [7, 11) is 3.38. The molecule has 2 amide bonds. The number of carbonyl (C=O) groups is 2. The van der Waals surface area contributed by atoms with Crippen LogP contribution in [-0.2, 0) is 0 Å². The summed E-state index contributed by atoms with van der Waals surface area (Å²) in [6.07, 6.45) is 5.59. The van der Waals surface area contributed by atoms with Crippen LogP contribution in [0.3, 0.4) is 0 Å². The Balaban J connectivity index is 1.41. The van der Waals surface area contributed by atoms with Crippen molar-refractivity contribution in [3.05, 3.63) is 47.9 Å². The van der Waals surface area contributed by atoms with Gasteiger partial charge in [0, 0.05) is 44.4 Å². The van der Waals surface area contributed by atoms with E-state index in [9.17, 15) is 9.59 Å². The largest absolute Gasteiger partial charge is 0.447 e. The average Bonchev–Trinajstić information content (AvgIpc) is 3.41. The molecule has 9 nitrogen and oxygen atoms in total. The van der Waals surface area contributed by atoms with Gasteiger partial charge in [-0.3, -0.25) is 9.59 Å². The standard InChI is InChI=1S/C18H18N6O3/c1-22(2)18(26)15-16(27-9-19-15)14-11-6-13(14)23(8-11)17(25)10-3-4-24-12(5-10)7-20-21-24/h3-5,7,9,11,13-14H,6,8H2,1-2H3. The van der Waals surface area contributed by atoms with Crippen LogP contribution in [0.1, 0.15) is 38.9 Å². The van der Waals surface area contributed by atoms with Crippen LogP contribution in [-0.4, -0.2) is 68.1 Å². The quantitative estimate of drug-likeness (QED) is 0.687. The van der Waals surface area contributed by atoms with Crippen molar-refractivity contribution in [2.24, 2.45) is 5.92 Å². The monoisotopic (exact) mass is 366 g/mol. The first-order chi connectivity index (χ1) is 13.0. The van der Waals surface area contributed by atoms with Gasteiger partial charge in [-0.15, -0.1) is 5.10 Å². The Morgan fingerprint density at radius 3 is 3.00 bits per heavy atom. The summed E-state index contributed by atoms with van der Waals surface area (Å²) >= 11 is 0. The molecule has 2 bridgehead atoms. The van der Waals surface area contributed by atoms with Crippen LogP contribution < -0.4 is 0 Å². The molecule has 3 aliphatic rings. The molecule has 3 aromatic rings. The van der Waals surface area contributed by atoms with Crippen molar-refractivity contribution >= 4 is 17.3 Å². The molecule has 6 rings (SSSR count). The highest BCUT2D eigenvalue weighted by Crippen LogP contribution is 2.53. The number of hydrogen-bond acceptors (Lipinski definition) is 6. The molecule has 27 heavy (non-hydrogen) atoms. The van der Waals surface area contributed by atoms with Gasteiger partial charge < -0.3 is 14.2 Å². The Kier molecular flexibility index (Phi) is 3.33. The second-order valence-corrected chi connectivity index (χ2v) is 7.33. The molecule has 0 aromatic carbocycles. The van der Waals surface area contributed by atoms with Crippen molar-refractivity contribution in [2.75, 3.05) is 20.6 Å². The summed E-state index contributed by atoms with van der Waals surface area (Å²) in [6, 6.07) is 3.58. The lowest BCUT2D eigenvalue weighted by Gasteiger charge is -2.35. The number of pyridine rings is 1. The summed E-state index contributed by atoms with van der Waals surface area (Å²) < 4.78 is 7.21. The van der Waals surface area contributed by atoms with Crippen molar-refractivity contribution in [3.8, 4) is 0 Å². The highest BCUT2D eigenvalue weighted by Gasteiger charge is 2.56. The van der Waals surface area contributed by atoms with Crippen LogP contribution in [0.15, 0.2) is 35.3 Å². The fraction of sp³-hybridized carbons (Fsp3) is 0.389. The topological polar surface area (TPSA) is 96.8 Å². The highest BCUT2D eigenvalue weighted by atomic mass is 16.3. The molecule has 0 radical (unpaired) electrons. The molecular formula is C18H18N6O3. The number of amides is 2. The number of hydrogen-bond donors (Lipinski definition) is 0. The van der Waals surface area contributed by atoms with Crippen LogP contribution in [0.5, 0.6) is 0 Å². The molecule has 1 aliphatic carbocycles. The summed E-state index contributed by atoms with van der Waals surface area (Å²) in [6.45, 7) is 0.660. The molecule has 2 aliphatic heterocycles. The van der Waals surface area contributed by atoms with E-state index in [1.165, 1.54) is 11.3 Å². The molecule has 138 valence electrons. The number of fused-ring (bicyclic) bond motifs is 2. The molecular weight excluding hydrogens is 348 g/mol. The van der Waals surface area contributed by atoms with Gasteiger partial charge in [0.05, 0.1) is 11.7 Å². The van der Waals surface area contributed by atoms with E-state index in [0.717, 1.165) is 11.9 Å². The molecule has 9 heteroatoms. The van der Waals surface area contributed by atoms with Crippen molar-refractivity contribution in [1.29, 1.82) is 0 Å². The Hall–Kier alpha value is -3.23. The molecule has 0 spiro atoms. The lowest BCUT2D eigenvalue weighted by molar-refractivity contribution is 0.0728. The van der Waals surface area contributed by atoms with Crippen LogP contribution in [0.25, 0.3) is 5.52 Å². The maximum Gasteiger partial charge on any atom is 0.275 e. The average molecular weight is 366 g/mol. The zero-order chi connectivity index (χ0) is 18.7. The normalized spacial score (nSPS) is 23.5. The minimum atomic E-state index is -0.179. The van der Waals surface area contributed by atoms with E-state index in [-0.39, 0.29) is 23.8 Å². The Labute approximate surface area is 154 Å². The smallest absolute Gasteiger partial charge is 0.275 e. The second kappa shape index (κ2) is 5.63. The lowest BCUT2D eigenvalue weighted by atomic mass is 9.72. The molecule has 1 saturated carbocycles. The number of nitrogens with zero attached hydrogens (tertiary/aromatic N) is 6. The second-order valence-electron chi connectivity index (χ2n) is 7.33. The number of oxazole rings is 1. The first-order valence-corrected chi connectivity index (χ1v) is 8.80. The molecule has 3 fully saturated rings. The van der Waals surface area contributed by atoms with Gasteiger partial charge in [-0.05, 0) is 24.5 Å². The predicted octanol–water partition coefficient (Wildman–Crippen LogP) is 1.05. The third-order valence-corrected chi connectivity index (χ3v) is 5.61. The van der Waals surface area contributed by atoms with Gasteiger partial charge >= 0.3 is 0 Å². The van der Waals surface area contributed by atoms with Gasteiger partial charge in [0.15, 0.2) is 12.1 Å². The van der Waals surface area contributed by atoms with Crippen LogP contribution in [0, 0.1) is 5.92 Å². The van der Waals surface area contributed by atoms with Crippen molar-refractivity contribution < 1.29 is 14.0 Å². The minimum absolute atomic E-state index is 0.0197. The Bertz CT molecular complexity index is 1050. The van der Waals surface area contributed by atoms with E-state index < -0.39 is 0 Å². The summed E-state index contributed by atoms with van der Waals surface area (Å²) in [5.74, 6) is 0.715. The summed E-state index contributed by atoms with van der Waals surface area (Å²) in [5, 5.41) is 7.75. The van der Waals surface area contributed by atoms with Gasteiger partial charge in [0.2, 0.25) is 0 Å². The van der Waals surface area contributed by atoms with E-state index in [4.69, 9.17) is 4.42 Å². The van der Waals surface area contributed by atoms with Gasteiger partial charge in [0.25, 0.3) is 11.8 Å². The maximum atomic E-state index is 13.0. The molecule has 3 unspecified atom stereocenters. The van der Waals surface area contributed by atoms with E-state index in [0.29, 0.717) is 29.5 Å². The number of carbonyl (C=O) groups excluding carboxylic acids is 2. The minimum Gasteiger partial charge on any atom is -0.447 e. The first-order valence-electron chi connectivity index (χ1n) is 8.80. The predicted molar refractivity (Wildman–Crippen MR) is 93.2 cm³/mol. The van der Waals surface area contributed by atoms with E-state index in [1.54, 1.807) is 43.1 Å². The van der Waals surface area contributed by atoms with Crippen LogP contribution in [0.2, 0.25) is 0 Å². The van der Waals surface area contributed by atoms with E-state index in [1.807, 2.05) is 4.90 Å². The zero-order valence-corrected chi connectivity index (χ0v) is 14.9. The Morgan fingerprint density at radius 1 is 1.33 bits per heavy atom. The van der Waals surface area contributed by atoms with Gasteiger partial charge in [-0.25, -0.2) is 9.50 Å². The fourth-order valence-corrected chi connectivity index (χ4v) is 4.23. The number of aromatic nitrogens is 4. The summed E-state index contributed by atoms with van der Waals surface area (Å²) in [4.78, 5) is 32.9. The fourth-order valence-electron chi connectivity index (χ4n) is 4.23. The SMILES string of the molecule is CN(C)C(=O)c1ncoc1C1C2CC1N(C(=O)c1ccn3nncc3c1)C2. The van der Waals surface area contributed by atoms with Crippen molar-refractivity contribution in [3.63, 3.8) is 0 Å². The number of rotatable bonds is 3. The zero-order valence-electron chi connectivity index (χ0n) is 14.9. The lowest BCUT2D eigenvalue weighted by Crippen LogP contribution is -2.40. The van der Waals surface area contributed by atoms with Crippen molar-refractivity contribution in [1.82, 2.24) is 29.6 Å². The van der Waals surface area contributed by atoms with Gasteiger partial charge in [-0.2, -0.15) is 0 Å². The van der Waals surface area contributed by atoms with E-state index in [2.05, 4.69) is 15.3 Å². The van der Waals surface area contributed by atoms with Crippen molar-refractivity contribution in [2.45, 2.75) is 18.4 Å². The molecule has 5 heterocycles. The summed E-state index contributed by atoms with van der Waals surface area (Å²) in [5.41, 5.74) is 1.73. The highest BCUT2D eigenvalue weighted by molar-refractivity contribution is 5.96. The maximum absolute atomic E-state index is 13.0. The molecule has 2 saturated heterocycles. The third-order valence-electron chi connectivity index (χ3n) is 5.61. The molecule has 3 aromatic heterocycles. The van der Waals surface area contributed by atoms with Crippen LogP contribution >= 0.6 is 0 Å². The van der Waals surface area contributed by atoms with Crippen LogP contribution in [0.4, 0.5) is 0 Å². The molecule has 0 N–H and O–H groups in total. The third kappa shape index (κ3) is 2.27.